The average molecular weight is 606 g/mol. The molecule has 0 aromatic carbocycles. The molecule has 0 aliphatic rings. The van der Waals surface area contributed by atoms with E-state index in [-0.39, 0.29) is 6.54 Å². The van der Waals surface area contributed by atoms with Crippen molar-refractivity contribution in [1.29, 1.82) is 0 Å². The number of aliphatic hydroxyl groups is 1. The Morgan fingerprint density at radius 1 is 0.667 bits per heavy atom. The first-order valence-electron chi connectivity index (χ1n) is 12.1. The second kappa shape index (κ2) is 14.0. The molecule has 0 saturated heterocycles. The summed E-state index contributed by atoms with van der Waals surface area (Å²) in [6, 6.07) is 0. The van der Waals surface area contributed by atoms with Crippen LogP contribution in [0.4, 0.5) is 0 Å². The van der Waals surface area contributed by atoms with E-state index in [1.807, 2.05) is 0 Å². The lowest BCUT2D eigenvalue weighted by Crippen LogP contribution is -2.37. The normalized spacial score (nSPS) is 16.3. The quantitative estimate of drug-likeness (QED) is 0.126. The third-order valence-electron chi connectivity index (χ3n) is 4.87. The van der Waals surface area contributed by atoms with Gasteiger partial charge in [-0.25, -0.2) is 0 Å². The Labute approximate surface area is 230 Å². The fourth-order valence-electron chi connectivity index (χ4n) is 2.25. The molecule has 0 aliphatic heterocycles. The minimum atomic E-state index is -5.44. The predicted octanol–water partition coefficient (Wildman–Crippen LogP) is 3.65. The van der Waals surface area contributed by atoms with Crippen molar-refractivity contribution in [2.75, 3.05) is 41.0 Å². The van der Waals surface area contributed by atoms with E-state index in [1.165, 1.54) is 25.7 Å². The van der Waals surface area contributed by atoms with Crippen molar-refractivity contribution < 1.29 is 61.3 Å². The summed E-state index contributed by atoms with van der Waals surface area (Å²) in [5.74, 6) is -2.33. The smallest absolute Gasteiger partial charge is 0.380 e. The van der Waals surface area contributed by atoms with Crippen molar-refractivity contribution >= 4 is 33.1 Å². The summed E-state index contributed by atoms with van der Waals surface area (Å²) >= 11 is 0. The van der Waals surface area contributed by atoms with Crippen molar-refractivity contribution in [3.63, 3.8) is 0 Å². The van der Waals surface area contributed by atoms with E-state index in [2.05, 4.69) is 0 Å². The Kier molecular flexibility index (Phi) is 13.5. The Bertz CT molecular complexity index is 911. The van der Waals surface area contributed by atoms with Gasteiger partial charge in [0.05, 0.1) is 16.2 Å². The average Bonchev–Trinajstić information content (AvgIpc) is 2.74. The van der Waals surface area contributed by atoms with Crippen molar-refractivity contribution in [3.8, 4) is 0 Å². The minimum absolute atomic E-state index is 0.132. The summed E-state index contributed by atoms with van der Waals surface area (Å²) in [7, 11) is -7.54. The van der Waals surface area contributed by atoms with Gasteiger partial charge in [0.2, 0.25) is 20.4 Å². The van der Waals surface area contributed by atoms with Crippen LogP contribution < -0.4 is 0 Å². The predicted molar refractivity (Wildman–Crippen MR) is 140 cm³/mol. The topological polar surface area (TPSA) is 184 Å². The Morgan fingerprint density at radius 3 is 1.26 bits per heavy atom. The van der Waals surface area contributed by atoms with Gasteiger partial charge in [0.15, 0.2) is 0 Å². The number of hydrogen-bond donors (Lipinski definition) is 2. The summed E-state index contributed by atoms with van der Waals surface area (Å²) in [6.07, 6.45) is -0.724. The molecular weight excluding hydrogens is 560 g/mol. The fourth-order valence-corrected chi connectivity index (χ4v) is 6.04. The maximum atomic E-state index is 14.0. The van der Waals surface area contributed by atoms with Gasteiger partial charge in [0, 0.05) is 13.0 Å². The van der Waals surface area contributed by atoms with E-state index >= 15 is 0 Å². The van der Waals surface area contributed by atoms with Crippen LogP contribution in [-0.2, 0) is 51.3 Å². The summed E-state index contributed by atoms with van der Waals surface area (Å²) in [5.41, 5.74) is -2.94. The molecule has 0 saturated carbocycles. The van der Waals surface area contributed by atoms with Crippen LogP contribution in [-0.4, -0.2) is 78.9 Å². The number of rotatable bonds is 14. The summed E-state index contributed by atoms with van der Waals surface area (Å²) < 4.78 is 57.2. The van der Waals surface area contributed by atoms with Gasteiger partial charge in [0.25, 0.3) is 5.08 Å². The second-order valence-corrected chi connectivity index (χ2v) is 16.8. The van der Waals surface area contributed by atoms with Crippen molar-refractivity contribution in [3.05, 3.63) is 0 Å². The van der Waals surface area contributed by atoms with Crippen LogP contribution in [0.1, 0.15) is 68.7 Å². The van der Waals surface area contributed by atoms with Crippen LogP contribution in [0.5, 0.6) is 0 Å². The fraction of sp³-hybridized carbons (Fsp3) is 0.870. The number of hydrogen-bond acceptors (Lipinski definition) is 13. The molecule has 39 heavy (non-hydrogen) atoms. The Morgan fingerprint density at radius 2 is 0.974 bits per heavy atom. The van der Waals surface area contributed by atoms with Crippen molar-refractivity contribution in [2.45, 2.75) is 73.8 Å². The molecule has 14 nitrogen and oxygen atoms in total. The molecule has 230 valence electrons. The lowest BCUT2D eigenvalue weighted by Gasteiger charge is -2.37. The lowest BCUT2D eigenvalue weighted by molar-refractivity contribution is -0.162. The number of carbonyl (C=O) groups is 3. The summed E-state index contributed by atoms with van der Waals surface area (Å²) in [4.78, 5) is 48.7. The lowest BCUT2D eigenvalue weighted by atomic mass is 9.98. The minimum Gasteiger partial charge on any atom is -0.438 e. The van der Waals surface area contributed by atoms with Crippen LogP contribution in [0.3, 0.4) is 0 Å². The molecule has 2 N–H and O–H groups in total. The molecule has 0 aliphatic carbocycles. The van der Waals surface area contributed by atoms with Crippen LogP contribution in [0.15, 0.2) is 0 Å². The number of esters is 3. The molecule has 0 aromatic heterocycles. The highest BCUT2D eigenvalue weighted by Gasteiger charge is 2.64. The van der Waals surface area contributed by atoms with Gasteiger partial charge in [0.1, 0.15) is 0 Å². The molecule has 2 unspecified atom stereocenters. The molecule has 0 rings (SSSR count). The van der Waals surface area contributed by atoms with E-state index in [4.69, 9.17) is 27.8 Å². The highest BCUT2D eigenvalue weighted by molar-refractivity contribution is 7.73. The standard InChI is InChI=1S/C23H45NO13P2/c1-20(2,3)17(25)32-14-35-38(29,30)23(28,12-13-24(10)11)39(31,36-15-33-18(26)21(4,5)6)37-16-34-19(27)22(7,8)9/h28H,12-16H2,1-11H3,(H,29,30). The first-order chi connectivity index (χ1) is 17.3. The first kappa shape index (κ1) is 37.6. The molecule has 0 spiro atoms. The maximum Gasteiger partial charge on any atom is 0.380 e. The zero-order chi connectivity index (χ0) is 31.1. The molecule has 0 radical (unpaired) electrons. The van der Waals surface area contributed by atoms with Gasteiger partial charge in [-0.05, 0) is 76.4 Å². The number of nitrogens with zero attached hydrogens (tertiary/aromatic N) is 1. The van der Waals surface area contributed by atoms with Gasteiger partial charge in [-0.2, -0.15) is 0 Å². The monoisotopic (exact) mass is 605 g/mol. The van der Waals surface area contributed by atoms with Crippen LogP contribution >= 0.6 is 15.2 Å². The Balaban J connectivity index is 6.27. The zero-order valence-electron chi connectivity index (χ0n) is 24.8. The molecule has 0 heterocycles. The molecule has 0 aromatic rings. The first-order valence-corrected chi connectivity index (χ1v) is 15.2. The van der Waals surface area contributed by atoms with Gasteiger partial charge in [-0.15, -0.1) is 0 Å². The van der Waals surface area contributed by atoms with Gasteiger partial charge in [-0.3, -0.25) is 37.1 Å². The van der Waals surface area contributed by atoms with E-state index in [9.17, 15) is 33.5 Å². The van der Waals surface area contributed by atoms with Gasteiger partial charge >= 0.3 is 33.1 Å². The van der Waals surface area contributed by atoms with E-state index in [0.717, 1.165) is 0 Å². The van der Waals surface area contributed by atoms with Crippen molar-refractivity contribution in [2.24, 2.45) is 16.2 Å². The highest BCUT2D eigenvalue weighted by atomic mass is 31.2. The third-order valence-corrected chi connectivity index (χ3v) is 9.93. The van der Waals surface area contributed by atoms with Gasteiger partial charge in [-0.1, -0.05) is 0 Å². The SMILES string of the molecule is CN(C)CCC(O)(P(=O)(O)OCOC(=O)C(C)(C)C)P(=O)(OCOC(=O)C(C)(C)C)OCOC(=O)C(C)(C)C. The van der Waals surface area contributed by atoms with Crippen LogP contribution in [0.2, 0.25) is 0 Å². The maximum absolute atomic E-state index is 14.0. The van der Waals surface area contributed by atoms with Crippen LogP contribution in [0.25, 0.3) is 0 Å². The number of ether oxygens (including phenoxy) is 3. The summed E-state index contributed by atoms with van der Waals surface area (Å²) in [6.45, 7) is 10.5. The second-order valence-electron chi connectivity index (χ2n) is 12.1. The zero-order valence-corrected chi connectivity index (χ0v) is 26.6. The van der Waals surface area contributed by atoms with E-state index in [0.29, 0.717) is 0 Å². The molecule has 0 bridgehead atoms. The van der Waals surface area contributed by atoms with E-state index < -0.39 is 81.2 Å². The molecule has 0 amide bonds. The van der Waals surface area contributed by atoms with Crippen molar-refractivity contribution in [1.82, 2.24) is 4.90 Å². The summed E-state index contributed by atoms with van der Waals surface area (Å²) in [5, 5.41) is 8.21. The van der Waals surface area contributed by atoms with Gasteiger partial charge < -0.3 is 29.1 Å². The molecule has 0 fully saturated rings. The highest BCUT2D eigenvalue weighted by Crippen LogP contribution is 2.75. The van der Waals surface area contributed by atoms with E-state index in [1.54, 1.807) is 55.6 Å². The number of carbonyl (C=O) groups excluding carboxylic acids is 3. The Hall–Kier alpha value is -1.37. The molecule has 2 atom stereocenters. The molecular formula is C23H45NO13P2. The molecule has 16 heteroatoms. The third kappa shape index (κ3) is 11.6. The van der Waals surface area contributed by atoms with Crippen LogP contribution in [0, 0.1) is 16.2 Å². The largest absolute Gasteiger partial charge is 0.438 e.